The minimum Gasteiger partial charge on any atom is -0.388 e. The number of hydrogen-bond acceptors (Lipinski definition) is 2. The van der Waals surface area contributed by atoms with Crippen molar-refractivity contribution in [2.24, 2.45) is 0 Å². The lowest BCUT2D eigenvalue weighted by Gasteiger charge is -2.36. The van der Waals surface area contributed by atoms with Crippen molar-refractivity contribution in [1.29, 1.82) is 0 Å². The highest BCUT2D eigenvalue weighted by Gasteiger charge is 2.30. The molecule has 1 amide bonds. The molecule has 1 aliphatic heterocycles. The standard InChI is InChI=1S/C11H20ClNO2/c1-11(15)6-4-8-13(9-11)10(14)5-2-3-7-12/h15H,2-9H2,1H3. The highest BCUT2D eigenvalue weighted by molar-refractivity contribution is 6.17. The molecular formula is C11H20ClNO2. The summed E-state index contributed by atoms with van der Waals surface area (Å²) in [4.78, 5) is 13.5. The van der Waals surface area contributed by atoms with E-state index in [0.29, 0.717) is 18.8 Å². The van der Waals surface area contributed by atoms with Crippen LogP contribution in [-0.2, 0) is 4.79 Å². The Kier molecular flexibility index (Phi) is 4.87. The van der Waals surface area contributed by atoms with E-state index in [1.165, 1.54) is 0 Å². The van der Waals surface area contributed by atoms with Gasteiger partial charge in [0.05, 0.1) is 5.60 Å². The summed E-state index contributed by atoms with van der Waals surface area (Å²) in [6.45, 7) is 3.06. The summed E-state index contributed by atoms with van der Waals surface area (Å²) in [5, 5.41) is 9.85. The van der Waals surface area contributed by atoms with Gasteiger partial charge in [-0.2, -0.15) is 0 Å². The molecule has 3 nitrogen and oxygen atoms in total. The zero-order chi connectivity index (χ0) is 11.3. The van der Waals surface area contributed by atoms with Gasteiger partial charge < -0.3 is 10.0 Å². The Labute approximate surface area is 96.4 Å². The number of alkyl halides is 1. The molecule has 0 radical (unpaired) electrons. The van der Waals surface area contributed by atoms with E-state index in [1.807, 2.05) is 0 Å². The predicted octanol–water partition coefficient (Wildman–Crippen LogP) is 1.77. The maximum atomic E-state index is 11.7. The van der Waals surface area contributed by atoms with Gasteiger partial charge in [0.15, 0.2) is 0 Å². The average Bonchev–Trinajstić information content (AvgIpc) is 2.16. The lowest BCUT2D eigenvalue weighted by atomic mass is 9.95. The summed E-state index contributed by atoms with van der Waals surface area (Å²) in [6.07, 6.45) is 3.98. The van der Waals surface area contributed by atoms with E-state index in [2.05, 4.69) is 0 Å². The fourth-order valence-corrected chi connectivity index (χ4v) is 2.15. The topological polar surface area (TPSA) is 40.5 Å². The van der Waals surface area contributed by atoms with Gasteiger partial charge in [-0.15, -0.1) is 11.6 Å². The van der Waals surface area contributed by atoms with Crippen molar-refractivity contribution in [1.82, 2.24) is 4.90 Å². The summed E-state index contributed by atoms with van der Waals surface area (Å²) in [5.41, 5.74) is -0.694. The van der Waals surface area contributed by atoms with E-state index in [9.17, 15) is 9.90 Å². The molecule has 1 heterocycles. The van der Waals surface area contributed by atoms with Gasteiger partial charge in [-0.3, -0.25) is 4.79 Å². The molecule has 88 valence electrons. The Morgan fingerprint density at radius 1 is 1.53 bits per heavy atom. The van der Waals surface area contributed by atoms with Gasteiger partial charge in [-0.25, -0.2) is 0 Å². The second-order valence-corrected chi connectivity index (χ2v) is 4.94. The second-order valence-electron chi connectivity index (χ2n) is 4.56. The molecule has 0 aromatic carbocycles. The summed E-state index contributed by atoms with van der Waals surface area (Å²) in [6, 6.07) is 0. The molecule has 0 aromatic rings. The molecule has 1 fully saturated rings. The first-order valence-corrected chi connectivity index (χ1v) is 6.15. The smallest absolute Gasteiger partial charge is 0.222 e. The lowest BCUT2D eigenvalue weighted by molar-refractivity contribution is -0.137. The maximum absolute atomic E-state index is 11.7. The molecule has 1 N–H and O–H groups in total. The molecule has 1 unspecified atom stereocenters. The Morgan fingerprint density at radius 3 is 2.87 bits per heavy atom. The zero-order valence-electron chi connectivity index (χ0n) is 9.34. The SMILES string of the molecule is CC1(O)CCCN(C(=O)CCCCCl)C1. The van der Waals surface area contributed by atoms with Gasteiger partial charge in [0.2, 0.25) is 5.91 Å². The number of piperidine rings is 1. The largest absolute Gasteiger partial charge is 0.388 e. The molecule has 4 heteroatoms. The third kappa shape index (κ3) is 4.39. The van der Waals surface area contributed by atoms with E-state index in [4.69, 9.17) is 11.6 Å². The van der Waals surface area contributed by atoms with Crippen LogP contribution in [0.3, 0.4) is 0 Å². The number of halogens is 1. The van der Waals surface area contributed by atoms with E-state index in [-0.39, 0.29) is 5.91 Å². The van der Waals surface area contributed by atoms with Crippen LogP contribution in [0.1, 0.15) is 39.0 Å². The third-order valence-electron chi connectivity index (χ3n) is 2.80. The normalized spacial score (nSPS) is 26.7. The molecule has 1 aliphatic rings. The highest BCUT2D eigenvalue weighted by atomic mass is 35.5. The van der Waals surface area contributed by atoms with Crippen LogP contribution in [0.5, 0.6) is 0 Å². The third-order valence-corrected chi connectivity index (χ3v) is 3.07. The minimum atomic E-state index is -0.694. The van der Waals surface area contributed by atoms with Gasteiger partial charge in [0, 0.05) is 25.4 Å². The van der Waals surface area contributed by atoms with Crippen LogP contribution in [0, 0.1) is 0 Å². The van der Waals surface area contributed by atoms with E-state index in [0.717, 1.165) is 32.2 Å². The van der Waals surface area contributed by atoms with E-state index < -0.39 is 5.60 Å². The van der Waals surface area contributed by atoms with Crippen LogP contribution in [0.25, 0.3) is 0 Å². The van der Waals surface area contributed by atoms with Crippen molar-refractivity contribution in [3.63, 3.8) is 0 Å². The number of hydrogen-bond donors (Lipinski definition) is 1. The lowest BCUT2D eigenvalue weighted by Crippen LogP contribution is -2.48. The quantitative estimate of drug-likeness (QED) is 0.594. The Morgan fingerprint density at radius 2 is 2.27 bits per heavy atom. The molecule has 0 aromatic heterocycles. The number of aliphatic hydroxyl groups is 1. The number of carbonyl (C=O) groups excluding carboxylic acids is 1. The number of rotatable bonds is 4. The zero-order valence-corrected chi connectivity index (χ0v) is 10.1. The molecule has 0 saturated carbocycles. The first-order chi connectivity index (χ1) is 7.05. The summed E-state index contributed by atoms with van der Waals surface area (Å²) in [7, 11) is 0. The first kappa shape index (κ1) is 12.8. The molecule has 1 rings (SSSR count). The van der Waals surface area contributed by atoms with Crippen molar-refractivity contribution in [2.75, 3.05) is 19.0 Å². The van der Waals surface area contributed by atoms with Crippen molar-refractivity contribution in [3.8, 4) is 0 Å². The van der Waals surface area contributed by atoms with Gasteiger partial charge >= 0.3 is 0 Å². The van der Waals surface area contributed by atoms with Gasteiger partial charge in [0.25, 0.3) is 0 Å². The monoisotopic (exact) mass is 233 g/mol. The average molecular weight is 234 g/mol. The highest BCUT2D eigenvalue weighted by Crippen LogP contribution is 2.21. The molecule has 0 bridgehead atoms. The number of carbonyl (C=O) groups is 1. The van der Waals surface area contributed by atoms with E-state index >= 15 is 0 Å². The Balaban J connectivity index is 2.32. The number of β-amino-alcohol motifs (C(OH)–C–C–N with tert-alkyl or cyclic N) is 1. The van der Waals surface area contributed by atoms with Crippen molar-refractivity contribution < 1.29 is 9.90 Å². The predicted molar refractivity (Wildman–Crippen MR) is 61.0 cm³/mol. The van der Waals surface area contributed by atoms with Gasteiger partial charge in [-0.1, -0.05) is 0 Å². The van der Waals surface area contributed by atoms with Crippen LogP contribution >= 0.6 is 11.6 Å². The molecular weight excluding hydrogens is 214 g/mol. The number of nitrogens with zero attached hydrogens (tertiary/aromatic N) is 1. The molecule has 1 atom stereocenters. The maximum Gasteiger partial charge on any atom is 0.222 e. The second kappa shape index (κ2) is 5.71. The first-order valence-electron chi connectivity index (χ1n) is 5.61. The van der Waals surface area contributed by atoms with Gasteiger partial charge in [0.1, 0.15) is 0 Å². The van der Waals surface area contributed by atoms with Crippen LogP contribution < -0.4 is 0 Å². The van der Waals surface area contributed by atoms with Crippen molar-refractivity contribution in [3.05, 3.63) is 0 Å². The molecule has 15 heavy (non-hydrogen) atoms. The Hall–Kier alpha value is -0.280. The number of amides is 1. The van der Waals surface area contributed by atoms with Crippen LogP contribution in [-0.4, -0.2) is 40.5 Å². The van der Waals surface area contributed by atoms with Gasteiger partial charge in [-0.05, 0) is 32.6 Å². The number of unbranched alkanes of at least 4 members (excludes halogenated alkanes) is 1. The van der Waals surface area contributed by atoms with Crippen LogP contribution in [0.15, 0.2) is 0 Å². The van der Waals surface area contributed by atoms with E-state index in [1.54, 1.807) is 11.8 Å². The summed E-state index contributed by atoms with van der Waals surface area (Å²) in [5.74, 6) is 0.769. The molecule has 0 spiro atoms. The summed E-state index contributed by atoms with van der Waals surface area (Å²) < 4.78 is 0. The Bertz CT molecular complexity index is 219. The molecule has 1 saturated heterocycles. The molecule has 0 aliphatic carbocycles. The fourth-order valence-electron chi connectivity index (χ4n) is 1.96. The summed E-state index contributed by atoms with van der Waals surface area (Å²) >= 11 is 5.55. The minimum absolute atomic E-state index is 0.153. The number of likely N-dealkylation sites (tertiary alicyclic amines) is 1. The van der Waals surface area contributed by atoms with Crippen LogP contribution in [0.2, 0.25) is 0 Å². The van der Waals surface area contributed by atoms with Crippen molar-refractivity contribution in [2.45, 2.75) is 44.6 Å². The van der Waals surface area contributed by atoms with Crippen molar-refractivity contribution >= 4 is 17.5 Å². The van der Waals surface area contributed by atoms with Crippen LogP contribution in [0.4, 0.5) is 0 Å². The fraction of sp³-hybridized carbons (Fsp3) is 0.909.